The van der Waals surface area contributed by atoms with Crippen molar-refractivity contribution in [2.75, 3.05) is 19.6 Å². The summed E-state index contributed by atoms with van der Waals surface area (Å²) in [6.07, 6.45) is 7.07. The predicted octanol–water partition coefficient (Wildman–Crippen LogP) is 3.67. The maximum atomic E-state index is 3.67. The van der Waals surface area contributed by atoms with Crippen molar-refractivity contribution >= 4 is 0 Å². The molecule has 1 atom stereocenters. The lowest BCUT2D eigenvalue weighted by Crippen LogP contribution is -2.41. The molecule has 0 bridgehead atoms. The lowest BCUT2D eigenvalue weighted by Gasteiger charge is -2.38. The smallest absolute Gasteiger partial charge is 0.00966 e. The molecule has 2 heteroatoms. The van der Waals surface area contributed by atoms with Gasteiger partial charge in [0.2, 0.25) is 0 Å². The topological polar surface area (TPSA) is 15.3 Å². The highest BCUT2D eigenvalue weighted by atomic mass is 15.2. The first-order valence-corrected chi connectivity index (χ1v) is 8.24. The van der Waals surface area contributed by atoms with Crippen molar-refractivity contribution in [2.45, 2.75) is 78.3 Å². The van der Waals surface area contributed by atoms with E-state index >= 15 is 0 Å². The fourth-order valence-corrected chi connectivity index (χ4v) is 3.56. The fraction of sp³-hybridized carbons (Fsp3) is 1.00. The van der Waals surface area contributed by atoms with Crippen LogP contribution in [0, 0.1) is 11.3 Å². The number of nitrogens with zero attached hydrogens (tertiary/aromatic N) is 1. The van der Waals surface area contributed by atoms with E-state index in [1.807, 2.05) is 0 Å². The van der Waals surface area contributed by atoms with E-state index in [2.05, 4.69) is 44.8 Å². The van der Waals surface area contributed by atoms with Gasteiger partial charge in [-0.3, -0.25) is 0 Å². The Hall–Kier alpha value is -0.0800. The van der Waals surface area contributed by atoms with Crippen molar-refractivity contribution < 1.29 is 0 Å². The van der Waals surface area contributed by atoms with E-state index in [-0.39, 0.29) is 5.54 Å². The van der Waals surface area contributed by atoms with Gasteiger partial charge in [0.1, 0.15) is 0 Å². The van der Waals surface area contributed by atoms with Gasteiger partial charge in [-0.05, 0) is 77.3 Å². The molecule has 1 unspecified atom stereocenters. The molecule has 1 aliphatic carbocycles. The maximum absolute atomic E-state index is 3.67. The molecule has 112 valence electrons. The van der Waals surface area contributed by atoms with Crippen LogP contribution >= 0.6 is 0 Å². The van der Waals surface area contributed by atoms with Crippen molar-refractivity contribution in [2.24, 2.45) is 11.3 Å². The molecule has 0 radical (unpaired) electrons. The summed E-state index contributed by atoms with van der Waals surface area (Å²) < 4.78 is 0. The van der Waals surface area contributed by atoms with Crippen LogP contribution in [-0.2, 0) is 0 Å². The number of hydrogen-bond acceptors (Lipinski definition) is 2. The van der Waals surface area contributed by atoms with Crippen LogP contribution in [0.4, 0.5) is 0 Å². The summed E-state index contributed by atoms with van der Waals surface area (Å²) in [5.41, 5.74) is 0.867. The van der Waals surface area contributed by atoms with Crippen molar-refractivity contribution in [3.8, 4) is 0 Å². The third kappa shape index (κ3) is 4.75. The van der Waals surface area contributed by atoms with Crippen molar-refractivity contribution in [3.05, 3.63) is 0 Å². The normalized spacial score (nSPS) is 29.8. The first kappa shape index (κ1) is 15.3. The van der Waals surface area contributed by atoms with Crippen molar-refractivity contribution in [3.63, 3.8) is 0 Å². The quantitative estimate of drug-likeness (QED) is 0.838. The second kappa shape index (κ2) is 5.73. The van der Waals surface area contributed by atoms with E-state index in [0.29, 0.717) is 5.41 Å². The second-order valence-electron chi connectivity index (χ2n) is 8.68. The Kier molecular flexibility index (Phi) is 4.62. The summed E-state index contributed by atoms with van der Waals surface area (Å²) in [5.74, 6) is 0.870. The zero-order chi connectivity index (χ0) is 14.1. The van der Waals surface area contributed by atoms with Crippen molar-refractivity contribution in [1.29, 1.82) is 0 Å². The summed E-state index contributed by atoms with van der Waals surface area (Å²) in [5, 5.41) is 3.67. The lowest BCUT2D eigenvalue weighted by atomic mass is 9.75. The zero-order valence-corrected chi connectivity index (χ0v) is 13.8. The number of likely N-dealkylation sites (tertiary alicyclic amines) is 1. The van der Waals surface area contributed by atoms with Crippen LogP contribution in [0.1, 0.15) is 66.7 Å². The molecule has 1 N–H and O–H groups in total. The van der Waals surface area contributed by atoms with E-state index in [1.54, 1.807) is 0 Å². The van der Waals surface area contributed by atoms with Gasteiger partial charge < -0.3 is 10.2 Å². The van der Waals surface area contributed by atoms with E-state index in [1.165, 1.54) is 51.7 Å². The van der Waals surface area contributed by atoms with Gasteiger partial charge in [-0.15, -0.1) is 0 Å². The van der Waals surface area contributed by atoms with Crippen LogP contribution in [0.2, 0.25) is 0 Å². The number of nitrogens with one attached hydrogen (secondary N) is 1. The third-order valence-electron chi connectivity index (χ3n) is 5.06. The van der Waals surface area contributed by atoms with E-state index in [9.17, 15) is 0 Å². The van der Waals surface area contributed by atoms with E-state index in [4.69, 9.17) is 0 Å². The summed E-state index contributed by atoms with van der Waals surface area (Å²) >= 11 is 0. The Balaban J connectivity index is 1.73. The molecule has 0 aromatic rings. The minimum Gasteiger partial charge on any atom is -0.312 e. The highest BCUT2D eigenvalue weighted by Crippen LogP contribution is 2.38. The number of hydrogen-bond donors (Lipinski definition) is 1. The molecule has 2 aliphatic rings. The SMILES string of the molecule is CC1(C)CCC(N2CCC(CNC(C)(C)C)C2)CC1. The highest BCUT2D eigenvalue weighted by molar-refractivity contribution is 4.88. The Morgan fingerprint density at radius 3 is 2.32 bits per heavy atom. The molecule has 2 nitrogen and oxygen atoms in total. The molecule has 0 spiro atoms. The van der Waals surface area contributed by atoms with Gasteiger partial charge in [0.05, 0.1) is 0 Å². The summed E-state index contributed by atoms with van der Waals surface area (Å²) in [4.78, 5) is 2.78. The average molecular weight is 266 g/mol. The van der Waals surface area contributed by atoms with Crippen LogP contribution in [0.25, 0.3) is 0 Å². The molecule has 19 heavy (non-hydrogen) atoms. The Bertz CT molecular complexity index is 280. The van der Waals surface area contributed by atoms with Crippen molar-refractivity contribution in [1.82, 2.24) is 10.2 Å². The van der Waals surface area contributed by atoms with Crippen LogP contribution in [0.3, 0.4) is 0 Å². The molecule has 1 heterocycles. The van der Waals surface area contributed by atoms with Gasteiger partial charge in [-0.2, -0.15) is 0 Å². The van der Waals surface area contributed by atoms with Gasteiger partial charge in [-0.1, -0.05) is 13.8 Å². The molecular weight excluding hydrogens is 232 g/mol. The predicted molar refractivity (Wildman–Crippen MR) is 83.5 cm³/mol. The zero-order valence-electron chi connectivity index (χ0n) is 13.8. The Morgan fingerprint density at radius 2 is 1.74 bits per heavy atom. The lowest BCUT2D eigenvalue weighted by molar-refractivity contribution is 0.123. The second-order valence-corrected chi connectivity index (χ2v) is 8.68. The van der Waals surface area contributed by atoms with Crippen LogP contribution in [0.15, 0.2) is 0 Å². The molecule has 0 aromatic heterocycles. The first-order chi connectivity index (χ1) is 8.75. The monoisotopic (exact) mass is 266 g/mol. The fourth-order valence-electron chi connectivity index (χ4n) is 3.56. The van der Waals surface area contributed by atoms with Crippen LogP contribution in [0.5, 0.6) is 0 Å². The van der Waals surface area contributed by atoms with Crippen LogP contribution < -0.4 is 5.32 Å². The van der Waals surface area contributed by atoms with E-state index < -0.39 is 0 Å². The molecule has 1 saturated carbocycles. The minimum absolute atomic E-state index is 0.266. The van der Waals surface area contributed by atoms with Gasteiger partial charge in [-0.25, -0.2) is 0 Å². The first-order valence-electron chi connectivity index (χ1n) is 8.24. The standard InChI is InChI=1S/C17H34N2/c1-16(2,3)18-12-14-8-11-19(13-14)15-6-9-17(4,5)10-7-15/h14-15,18H,6-13H2,1-5H3. The molecule has 2 fully saturated rings. The molecule has 2 rings (SSSR count). The minimum atomic E-state index is 0.266. The summed E-state index contributed by atoms with van der Waals surface area (Å²) in [6.45, 7) is 15.5. The molecule has 1 saturated heterocycles. The highest BCUT2D eigenvalue weighted by Gasteiger charge is 2.33. The summed E-state index contributed by atoms with van der Waals surface area (Å²) in [6, 6.07) is 0.882. The third-order valence-corrected chi connectivity index (χ3v) is 5.06. The molecule has 0 amide bonds. The average Bonchev–Trinajstić information content (AvgIpc) is 2.74. The molecule has 0 aromatic carbocycles. The van der Waals surface area contributed by atoms with Crippen LogP contribution in [-0.4, -0.2) is 36.1 Å². The van der Waals surface area contributed by atoms with Gasteiger partial charge in [0.15, 0.2) is 0 Å². The molecule has 1 aliphatic heterocycles. The van der Waals surface area contributed by atoms with Gasteiger partial charge in [0.25, 0.3) is 0 Å². The van der Waals surface area contributed by atoms with Gasteiger partial charge >= 0.3 is 0 Å². The van der Waals surface area contributed by atoms with Gasteiger partial charge in [0, 0.05) is 18.1 Å². The Morgan fingerprint density at radius 1 is 1.11 bits per heavy atom. The molecular formula is C17H34N2. The summed E-state index contributed by atoms with van der Waals surface area (Å²) in [7, 11) is 0. The Labute approximate surface area is 120 Å². The number of rotatable bonds is 3. The largest absolute Gasteiger partial charge is 0.312 e. The van der Waals surface area contributed by atoms with E-state index in [0.717, 1.165) is 12.0 Å². The maximum Gasteiger partial charge on any atom is 0.00966 e.